The fraction of sp³-hybridized carbons (Fsp3) is 0.467. The highest BCUT2D eigenvalue weighted by atomic mass is 32.2. The minimum atomic E-state index is 0.305. The zero-order valence-corrected chi connectivity index (χ0v) is 13.2. The van der Waals surface area contributed by atoms with E-state index in [2.05, 4.69) is 42.5 Å². The van der Waals surface area contributed by atoms with E-state index >= 15 is 0 Å². The minimum absolute atomic E-state index is 0.305. The third-order valence-electron chi connectivity index (χ3n) is 3.86. The van der Waals surface area contributed by atoms with E-state index in [-0.39, 0.29) is 0 Å². The van der Waals surface area contributed by atoms with E-state index in [0.717, 1.165) is 40.3 Å². The molecule has 19 heavy (non-hydrogen) atoms. The molecule has 102 valence electrons. The number of rotatable bonds is 6. The van der Waals surface area contributed by atoms with Crippen molar-refractivity contribution in [2.45, 2.75) is 31.7 Å². The van der Waals surface area contributed by atoms with Crippen molar-refractivity contribution in [1.82, 2.24) is 9.97 Å². The molecule has 4 heteroatoms. The zero-order valence-electron chi connectivity index (χ0n) is 11.5. The molecular formula is C15H20N2S2. The van der Waals surface area contributed by atoms with Crippen LogP contribution in [0.4, 0.5) is 0 Å². The summed E-state index contributed by atoms with van der Waals surface area (Å²) in [4.78, 5) is 8.75. The van der Waals surface area contributed by atoms with Gasteiger partial charge in [-0.2, -0.15) is 12.6 Å². The summed E-state index contributed by atoms with van der Waals surface area (Å²) in [6, 6.07) is 8.19. The van der Waals surface area contributed by atoms with Crippen LogP contribution in [0, 0.1) is 5.41 Å². The Morgan fingerprint density at radius 2 is 1.89 bits per heavy atom. The van der Waals surface area contributed by atoms with E-state index < -0.39 is 0 Å². The maximum atomic E-state index is 4.54. The van der Waals surface area contributed by atoms with Gasteiger partial charge in [-0.3, -0.25) is 0 Å². The van der Waals surface area contributed by atoms with Gasteiger partial charge in [-0.25, -0.2) is 9.97 Å². The van der Waals surface area contributed by atoms with Crippen LogP contribution < -0.4 is 0 Å². The van der Waals surface area contributed by atoms with Crippen LogP contribution in [0.3, 0.4) is 0 Å². The predicted molar refractivity (Wildman–Crippen MR) is 87.1 cm³/mol. The molecule has 0 fully saturated rings. The summed E-state index contributed by atoms with van der Waals surface area (Å²) >= 11 is 6.37. The summed E-state index contributed by atoms with van der Waals surface area (Å²) < 4.78 is 0. The Bertz CT molecular complexity index is 525. The first-order valence-electron chi connectivity index (χ1n) is 6.68. The number of thiol groups is 1. The standard InChI is InChI=1S/C15H20N2S2/c1-3-15(4-2,9-18)10-19-14-12-7-5-6-8-13(12)16-11-17-14/h5-8,11,18H,3-4,9-10H2,1-2H3. The van der Waals surface area contributed by atoms with Crippen molar-refractivity contribution in [1.29, 1.82) is 0 Å². The van der Waals surface area contributed by atoms with Crippen molar-refractivity contribution in [3.8, 4) is 0 Å². The Morgan fingerprint density at radius 1 is 1.16 bits per heavy atom. The van der Waals surface area contributed by atoms with E-state index in [4.69, 9.17) is 0 Å². The van der Waals surface area contributed by atoms with Gasteiger partial charge in [-0.15, -0.1) is 11.8 Å². The SMILES string of the molecule is CCC(CC)(CS)CSc1ncnc2ccccc12. The molecule has 0 saturated carbocycles. The van der Waals surface area contributed by atoms with Gasteiger partial charge in [0.2, 0.25) is 0 Å². The Morgan fingerprint density at radius 3 is 2.58 bits per heavy atom. The van der Waals surface area contributed by atoms with Crippen molar-refractivity contribution < 1.29 is 0 Å². The number of hydrogen-bond acceptors (Lipinski definition) is 4. The van der Waals surface area contributed by atoms with E-state index in [0.29, 0.717) is 5.41 Å². The van der Waals surface area contributed by atoms with Crippen LogP contribution in [0.25, 0.3) is 10.9 Å². The van der Waals surface area contributed by atoms with Gasteiger partial charge in [-0.05, 0) is 30.1 Å². The van der Waals surface area contributed by atoms with Crippen LogP contribution >= 0.6 is 24.4 Å². The van der Waals surface area contributed by atoms with Crippen LogP contribution in [0.15, 0.2) is 35.6 Å². The summed E-state index contributed by atoms with van der Waals surface area (Å²) in [5.74, 6) is 1.99. The van der Waals surface area contributed by atoms with Gasteiger partial charge in [0.25, 0.3) is 0 Å². The normalized spacial score (nSPS) is 11.9. The number of nitrogens with zero attached hydrogens (tertiary/aromatic N) is 2. The molecule has 0 aliphatic heterocycles. The minimum Gasteiger partial charge on any atom is -0.236 e. The summed E-state index contributed by atoms with van der Waals surface area (Å²) in [5, 5.41) is 2.23. The highest BCUT2D eigenvalue weighted by Crippen LogP contribution is 2.36. The molecule has 1 aromatic heterocycles. The van der Waals surface area contributed by atoms with Gasteiger partial charge in [0.05, 0.1) is 5.52 Å². The van der Waals surface area contributed by atoms with E-state index in [1.807, 2.05) is 30.0 Å². The third kappa shape index (κ3) is 3.23. The molecule has 0 atom stereocenters. The Kier molecular flexibility index (Phi) is 5.11. The van der Waals surface area contributed by atoms with E-state index in [1.165, 1.54) is 0 Å². The molecule has 1 heterocycles. The van der Waals surface area contributed by atoms with Gasteiger partial charge in [0.15, 0.2) is 0 Å². The lowest BCUT2D eigenvalue weighted by atomic mass is 9.87. The largest absolute Gasteiger partial charge is 0.236 e. The molecule has 0 N–H and O–H groups in total. The Hall–Kier alpha value is -0.740. The van der Waals surface area contributed by atoms with Gasteiger partial charge in [-0.1, -0.05) is 32.0 Å². The first kappa shape index (κ1) is 14.7. The monoisotopic (exact) mass is 292 g/mol. The molecule has 2 nitrogen and oxygen atoms in total. The van der Waals surface area contributed by atoms with Crippen LogP contribution in [0.5, 0.6) is 0 Å². The molecule has 2 aromatic rings. The number of fused-ring (bicyclic) bond motifs is 1. The molecule has 0 saturated heterocycles. The fourth-order valence-corrected chi connectivity index (χ4v) is 4.15. The summed E-state index contributed by atoms with van der Waals surface area (Å²) in [7, 11) is 0. The maximum Gasteiger partial charge on any atom is 0.117 e. The molecule has 0 spiro atoms. The molecule has 0 radical (unpaired) electrons. The molecule has 1 aromatic carbocycles. The summed E-state index contributed by atoms with van der Waals surface area (Å²) in [5.41, 5.74) is 1.32. The van der Waals surface area contributed by atoms with Crippen LogP contribution in [-0.4, -0.2) is 21.5 Å². The summed E-state index contributed by atoms with van der Waals surface area (Å²) in [6.45, 7) is 4.50. The molecular weight excluding hydrogens is 272 g/mol. The highest BCUT2D eigenvalue weighted by molar-refractivity contribution is 7.99. The average molecular weight is 292 g/mol. The lowest BCUT2D eigenvalue weighted by Crippen LogP contribution is -2.24. The van der Waals surface area contributed by atoms with E-state index in [9.17, 15) is 0 Å². The van der Waals surface area contributed by atoms with Crippen LogP contribution in [0.1, 0.15) is 26.7 Å². The Balaban J connectivity index is 2.22. The maximum absolute atomic E-state index is 4.54. The van der Waals surface area contributed by atoms with Gasteiger partial charge < -0.3 is 0 Å². The average Bonchev–Trinajstić information content (AvgIpc) is 2.49. The number of thioether (sulfide) groups is 1. The van der Waals surface area contributed by atoms with Gasteiger partial charge in [0, 0.05) is 11.1 Å². The molecule has 0 aliphatic rings. The quantitative estimate of drug-likeness (QED) is 0.483. The van der Waals surface area contributed by atoms with Crippen molar-refractivity contribution in [3.05, 3.63) is 30.6 Å². The molecule has 2 rings (SSSR count). The third-order valence-corrected chi connectivity index (χ3v) is 5.88. The highest BCUT2D eigenvalue weighted by Gasteiger charge is 2.25. The lowest BCUT2D eigenvalue weighted by Gasteiger charge is -2.29. The lowest BCUT2D eigenvalue weighted by molar-refractivity contribution is 0.357. The first-order chi connectivity index (χ1) is 9.24. The van der Waals surface area contributed by atoms with Crippen molar-refractivity contribution in [2.75, 3.05) is 11.5 Å². The number of benzene rings is 1. The number of aromatic nitrogens is 2. The predicted octanol–water partition coefficient (Wildman–Crippen LogP) is 4.46. The number of hydrogen-bond donors (Lipinski definition) is 1. The van der Waals surface area contributed by atoms with Crippen molar-refractivity contribution >= 4 is 35.3 Å². The molecule has 0 bridgehead atoms. The number of para-hydroxylation sites is 1. The van der Waals surface area contributed by atoms with Crippen LogP contribution in [0.2, 0.25) is 0 Å². The van der Waals surface area contributed by atoms with Crippen molar-refractivity contribution in [2.24, 2.45) is 5.41 Å². The zero-order chi connectivity index (χ0) is 13.7. The molecule has 0 aliphatic carbocycles. The van der Waals surface area contributed by atoms with Crippen LogP contribution in [-0.2, 0) is 0 Å². The molecule has 0 amide bonds. The van der Waals surface area contributed by atoms with E-state index in [1.54, 1.807) is 6.33 Å². The van der Waals surface area contributed by atoms with Gasteiger partial charge >= 0.3 is 0 Å². The second kappa shape index (κ2) is 6.62. The second-order valence-electron chi connectivity index (χ2n) is 4.85. The second-order valence-corrected chi connectivity index (χ2v) is 6.13. The first-order valence-corrected chi connectivity index (χ1v) is 8.30. The van der Waals surface area contributed by atoms with Crippen molar-refractivity contribution in [3.63, 3.8) is 0 Å². The Labute approximate surface area is 124 Å². The topological polar surface area (TPSA) is 25.8 Å². The smallest absolute Gasteiger partial charge is 0.117 e. The molecule has 0 unspecified atom stereocenters. The van der Waals surface area contributed by atoms with Gasteiger partial charge in [0.1, 0.15) is 11.4 Å². The fourth-order valence-electron chi connectivity index (χ4n) is 2.04. The summed E-state index contributed by atoms with van der Waals surface area (Å²) in [6.07, 6.45) is 3.97.